The van der Waals surface area contributed by atoms with Crippen LogP contribution >= 0.6 is 11.3 Å². The van der Waals surface area contributed by atoms with E-state index < -0.39 is 39.4 Å². The number of benzene rings is 2. The maximum absolute atomic E-state index is 13.8. The number of rotatable bonds is 5. The summed E-state index contributed by atoms with van der Waals surface area (Å²) in [5, 5.41) is 10.3. The summed E-state index contributed by atoms with van der Waals surface area (Å²) < 4.78 is 67.2. The van der Waals surface area contributed by atoms with E-state index in [0.29, 0.717) is 23.9 Å². The van der Waals surface area contributed by atoms with Gasteiger partial charge in [0.1, 0.15) is 22.5 Å². The largest absolute Gasteiger partial charge is 0.317 e. The Hall–Kier alpha value is -2.83. The van der Waals surface area contributed by atoms with Crippen molar-refractivity contribution in [3.05, 3.63) is 69.9 Å². The molecule has 0 saturated carbocycles. The van der Waals surface area contributed by atoms with Gasteiger partial charge in [0.05, 0.1) is 16.6 Å². The molecule has 3 aromatic rings. The van der Waals surface area contributed by atoms with Crippen LogP contribution < -0.4 is 5.32 Å². The SMILES string of the molecule is O=C(Nc1ccc(F)cc1F)c1nnc(C2CCCN2S(=O)(=O)c2ccc(F)cc2)s1. The van der Waals surface area contributed by atoms with Crippen molar-refractivity contribution in [3.8, 4) is 0 Å². The number of hydrogen-bond donors (Lipinski definition) is 1. The van der Waals surface area contributed by atoms with Crippen LogP contribution in [0.25, 0.3) is 0 Å². The molecule has 2 aromatic carbocycles. The number of anilines is 1. The standard InChI is InChI=1S/C19H15F3N4O3S2/c20-11-3-6-13(7-4-11)31(28,29)26-9-1-2-16(26)18-24-25-19(30-18)17(27)23-15-8-5-12(21)10-14(15)22/h3-8,10,16H,1-2,9H2,(H,23,27). The van der Waals surface area contributed by atoms with Crippen LogP contribution in [0.15, 0.2) is 47.4 Å². The summed E-state index contributed by atoms with van der Waals surface area (Å²) in [4.78, 5) is 12.3. The molecule has 1 atom stereocenters. The quantitative estimate of drug-likeness (QED) is 0.616. The summed E-state index contributed by atoms with van der Waals surface area (Å²) in [6.45, 7) is 0.242. The Labute approximate surface area is 179 Å². The summed E-state index contributed by atoms with van der Waals surface area (Å²) in [6, 6.07) is 6.61. The van der Waals surface area contributed by atoms with Crippen LogP contribution in [0.5, 0.6) is 0 Å². The monoisotopic (exact) mass is 468 g/mol. The van der Waals surface area contributed by atoms with Crippen molar-refractivity contribution in [1.82, 2.24) is 14.5 Å². The third kappa shape index (κ3) is 4.31. The van der Waals surface area contributed by atoms with Crippen LogP contribution in [0, 0.1) is 17.5 Å². The molecule has 1 N–H and O–H groups in total. The predicted octanol–water partition coefficient (Wildman–Crippen LogP) is 3.73. The Bertz CT molecular complexity index is 1230. The minimum Gasteiger partial charge on any atom is -0.317 e. The summed E-state index contributed by atoms with van der Waals surface area (Å²) in [5.74, 6) is -3.02. The van der Waals surface area contributed by atoms with Gasteiger partial charge in [-0.05, 0) is 49.2 Å². The van der Waals surface area contributed by atoms with Crippen LogP contribution in [-0.4, -0.2) is 35.4 Å². The molecule has 0 spiro atoms. The van der Waals surface area contributed by atoms with Gasteiger partial charge in [-0.15, -0.1) is 10.2 Å². The van der Waals surface area contributed by atoms with E-state index in [0.717, 1.165) is 35.6 Å². The highest BCUT2D eigenvalue weighted by Gasteiger charge is 2.38. The van der Waals surface area contributed by atoms with Gasteiger partial charge in [0.2, 0.25) is 15.0 Å². The van der Waals surface area contributed by atoms with Gasteiger partial charge in [-0.2, -0.15) is 4.31 Å². The van der Waals surface area contributed by atoms with Gasteiger partial charge in [0, 0.05) is 12.6 Å². The Morgan fingerprint density at radius 1 is 1.06 bits per heavy atom. The molecule has 1 amide bonds. The van der Waals surface area contributed by atoms with E-state index >= 15 is 0 Å². The van der Waals surface area contributed by atoms with Crippen molar-refractivity contribution in [3.63, 3.8) is 0 Å². The molecule has 1 aliphatic rings. The van der Waals surface area contributed by atoms with Crippen molar-refractivity contribution >= 4 is 33.0 Å². The summed E-state index contributed by atoms with van der Waals surface area (Å²) >= 11 is 0.887. The topological polar surface area (TPSA) is 92.3 Å². The molecule has 162 valence electrons. The highest BCUT2D eigenvalue weighted by atomic mass is 32.2. The van der Waals surface area contributed by atoms with Crippen molar-refractivity contribution < 1.29 is 26.4 Å². The Morgan fingerprint density at radius 2 is 1.77 bits per heavy atom. The minimum absolute atomic E-state index is 0.0462. The Morgan fingerprint density at radius 3 is 2.48 bits per heavy atom. The number of halogens is 3. The van der Waals surface area contributed by atoms with Gasteiger partial charge in [0.25, 0.3) is 5.91 Å². The molecule has 12 heteroatoms. The molecular formula is C19H15F3N4O3S2. The average Bonchev–Trinajstić information content (AvgIpc) is 3.40. The lowest BCUT2D eigenvalue weighted by Gasteiger charge is -2.22. The fourth-order valence-electron chi connectivity index (χ4n) is 3.24. The number of sulfonamides is 1. The van der Waals surface area contributed by atoms with E-state index in [9.17, 15) is 26.4 Å². The van der Waals surface area contributed by atoms with E-state index in [2.05, 4.69) is 15.5 Å². The lowest BCUT2D eigenvalue weighted by Crippen LogP contribution is -2.30. The van der Waals surface area contributed by atoms with Gasteiger partial charge in [-0.3, -0.25) is 4.79 Å². The fraction of sp³-hybridized carbons (Fsp3) is 0.211. The first-order chi connectivity index (χ1) is 14.8. The van der Waals surface area contributed by atoms with E-state index in [1.165, 1.54) is 16.4 Å². The Kier molecular flexibility index (Phi) is 5.77. The third-order valence-electron chi connectivity index (χ3n) is 4.72. The molecule has 1 saturated heterocycles. The van der Waals surface area contributed by atoms with Crippen LogP contribution in [0.2, 0.25) is 0 Å². The first-order valence-electron chi connectivity index (χ1n) is 9.13. The number of carbonyl (C=O) groups excluding carboxylic acids is 1. The molecule has 1 fully saturated rings. The first kappa shape index (κ1) is 21.4. The molecule has 1 aliphatic heterocycles. The molecule has 2 heterocycles. The molecule has 31 heavy (non-hydrogen) atoms. The third-order valence-corrected chi connectivity index (χ3v) is 7.67. The van der Waals surface area contributed by atoms with E-state index in [1.54, 1.807) is 0 Å². The van der Waals surface area contributed by atoms with Crippen LogP contribution in [0.4, 0.5) is 18.9 Å². The van der Waals surface area contributed by atoms with Gasteiger partial charge in [0.15, 0.2) is 0 Å². The second-order valence-electron chi connectivity index (χ2n) is 6.75. The lowest BCUT2D eigenvalue weighted by molar-refractivity contribution is 0.102. The van der Waals surface area contributed by atoms with Crippen molar-refractivity contribution in [2.45, 2.75) is 23.8 Å². The number of amides is 1. The highest BCUT2D eigenvalue weighted by Crippen LogP contribution is 2.37. The molecule has 1 aromatic heterocycles. The molecule has 0 aliphatic carbocycles. The number of aromatic nitrogens is 2. The van der Waals surface area contributed by atoms with E-state index in [4.69, 9.17) is 0 Å². The van der Waals surface area contributed by atoms with Gasteiger partial charge < -0.3 is 5.32 Å². The fourth-order valence-corrected chi connectivity index (χ4v) is 5.86. The average molecular weight is 468 g/mol. The smallest absolute Gasteiger partial charge is 0.286 e. The van der Waals surface area contributed by atoms with E-state index in [1.807, 2.05) is 0 Å². The number of nitrogens with zero attached hydrogens (tertiary/aromatic N) is 3. The molecule has 1 unspecified atom stereocenters. The van der Waals surface area contributed by atoms with Crippen molar-refractivity contribution in [2.75, 3.05) is 11.9 Å². The maximum Gasteiger partial charge on any atom is 0.286 e. The molecular weight excluding hydrogens is 453 g/mol. The maximum atomic E-state index is 13.8. The molecule has 4 rings (SSSR count). The van der Waals surface area contributed by atoms with Crippen molar-refractivity contribution in [2.24, 2.45) is 0 Å². The zero-order valence-electron chi connectivity index (χ0n) is 15.8. The number of nitrogens with one attached hydrogen (secondary N) is 1. The lowest BCUT2D eigenvalue weighted by atomic mass is 10.2. The van der Waals surface area contributed by atoms with E-state index in [-0.39, 0.29) is 22.1 Å². The number of carbonyl (C=O) groups is 1. The van der Waals surface area contributed by atoms with Gasteiger partial charge in [-0.25, -0.2) is 21.6 Å². The molecule has 7 nitrogen and oxygen atoms in total. The zero-order chi connectivity index (χ0) is 22.2. The van der Waals surface area contributed by atoms with Crippen LogP contribution in [0.1, 0.15) is 33.7 Å². The van der Waals surface area contributed by atoms with Gasteiger partial charge >= 0.3 is 0 Å². The van der Waals surface area contributed by atoms with Crippen molar-refractivity contribution in [1.29, 1.82) is 0 Å². The minimum atomic E-state index is -3.90. The Balaban J connectivity index is 1.55. The second-order valence-corrected chi connectivity index (χ2v) is 9.65. The highest BCUT2D eigenvalue weighted by molar-refractivity contribution is 7.89. The number of hydrogen-bond acceptors (Lipinski definition) is 6. The molecule has 0 radical (unpaired) electrons. The molecule has 0 bridgehead atoms. The van der Waals surface area contributed by atoms with Gasteiger partial charge in [-0.1, -0.05) is 11.3 Å². The van der Waals surface area contributed by atoms with Crippen LogP contribution in [0.3, 0.4) is 0 Å². The van der Waals surface area contributed by atoms with Crippen LogP contribution in [-0.2, 0) is 10.0 Å². The normalized spacial score (nSPS) is 17.1. The first-order valence-corrected chi connectivity index (χ1v) is 11.4. The second kappa shape index (κ2) is 8.36. The summed E-state index contributed by atoms with van der Waals surface area (Å²) in [6.07, 6.45) is 1.05. The summed E-state index contributed by atoms with van der Waals surface area (Å²) in [7, 11) is -3.90. The predicted molar refractivity (Wildman–Crippen MR) is 106 cm³/mol. The zero-order valence-corrected chi connectivity index (χ0v) is 17.4. The summed E-state index contributed by atoms with van der Waals surface area (Å²) in [5.41, 5.74) is -0.218.